The molecule has 0 heterocycles. The molecule has 6 nitrogen and oxygen atoms in total. The largest absolute Gasteiger partial charge is 0.326 e. The van der Waals surface area contributed by atoms with Crippen LogP contribution in [0.1, 0.15) is 25.7 Å². The van der Waals surface area contributed by atoms with Gasteiger partial charge in [-0.25, -0.2) is 0 Å². The second kappa shape index (κ2) is 5.26. The molecule has 3 N–H and O–H groups in total. The number of anilines is 1. The normalized spacial score (nSPS) is 16.5. The first-order valence-corrected chi connectivity index (χ1v) is 6.72. The fourth-order valence-corrected chi connectivity index (χ4v) is 2.59. The van der Waals surface area contributed by atoms with Gasteiger partial charge in [-0.1, -0.05) is 0 Å². The number of nitrogens with zero attached hydrogens (tertiary/aromatic N) is 1. The molecule has 0 unspecified atom stereocenters. The van der Waals surface area contributed by atoms with Crippen LogP contribution in [-0.4, -0.2) is 16.4 Å². The highest BCUT2D eigenvalue weighted by Gasteiger charge is 2.34. The lowest BCUT2D eigenvalue weighted by Gasteiger charge is -2.37. The van der Waals surface area contributed by atoms with Gasteiger partial charge in [-0.3, -0.25) is 14.9 Å². The molecule has 1 saturated carbocycles. The van der Waals surface area contributed by atoms with Crippen LogP contribution in [0.15, 0.2) is 22.7 Å². The van der Waals surface area contributed by atoms with E-state index in [2.05, 4.69) is 21.2 Å². The maximum absolute atomic E-state index is 11.8. The molecule has 0 radical (unpaired) electrons. The topological polar surface area (TPSA) is 98.3 Å². The Morgan fingerprint density at radius 3 is 2.68 bits per heavy atom. The van der Waals surface area contributed by atoms with E-state index in [1.807, 2.05) is 0 Å². The summed E-state index contributed by atoms with van der Waals surface area (Å²) in [7, 11) is 0. The summed E-state index contributed by atoms with van der Waals surface area (Å²) in [6.07, 6.45) is 3.07. The molecule has 1 aromatic rings. The lowest BCUT2D eigenvalue weighted by Crippen LogP contribution is -2.48. The van der Waals surface area contributed by atoms with Crippen LogP contribution in [0.2, 0.25) is 0 Å². The second-order valence-electron chi connectivity index (χ2n) is 4.86. The van der Waals surface area contributed by atoms with Gasteiger partial charge in [-0.05, 0) is 47.3 Å². The Morgan fingerprint density at radius 1 is 1.53 bits per heavy atom. The van der Waals surface area contributed by atoms with Crippen molar-refractivity contribution in [3.8, 4) is 0 Å². The van der Waals surface area contributed by atoms with E-state index >= 15 is 0 Å². The molecule has 2 rings (SSSR count). The van der Waals surface area contributed by atoms with E-state index in [-0.39, 0.29) is 23.6 Å². The van der Waals surface area contributed by atoms with Crippen molar-refractivity contribution in [2.75, 3.05) is 5.32 Å². The van der Waals surface area contributed by atoms with Crippen molar-refractivity contribution in [2.24, 2.45) is 5.73 Å². The van der Waals surface area contributed by atoms with Crippen molar-refractivity contribution in [2.45, 2.75) is 31.2 Å². The summed E-state index contributed by atoms with van der Waals surface area (Å²) < 4.78 is 0.335. The summed E-state index contributed by atoms with van der Waals surface area (Å²) >= 11 is 3.11. The summed E-state index contributed by atoms with van der Waals surface area (Å²) in [5, 5.41) is 13.4. The third-order valence-electron chi connectivity index (χ3n) is 3.29. The van der Waals surface area contributed by atoms with E-state index in [1.165, 1.54) is 18.2 Å². The number of hydrogen-bond acceptors (Lipinski definition) is 4. The maximum atomic E-state index is 11.8. The van der Waals surface area contributed by atoms with E-state index in [9.17, 15) is 14.9 Å². The molecule has 0 aromatic heterocycles. The summed E-state index contributed by atoms with van der Waals surface area (Å²) in [5.74, 6) is -0.164. The van der Waals surface area contributed by atoms with E-state index < -0.39 is 4.92 Å². The van der Waals surface area contributed by atoms with Crippen molar-refractivity contribution >= 4 is 33.2 Å². The highest BCUT2D eigenvalue weighted by atomic mass is 79.9. The Bertz CT molecular complexity index is 529. The number of hydrogen-bond donors (Lipinski definition) is 2. The van der Waals surface area contributed by atoms with E-state index in [0.717, 1.165) is 19.3 Å². The van der Waals surface area contributed by atoms with Gasteiger partial charge < -0.3 is 11.1 Å². The lowest BCUT2D eigenvalue weighted by atomic mass is 9.75. The molecule has 0 aliphatic heterocycles. The molecular weight excluding hydrogens is 314 g/mol. The molecule has 0 bridgehead atoms. The van der Waals surface area contributed by atoms with Gasteiger partial charge in [0, 0.05) is 23.7 Å². The average molecular weight is 328 g/mol. The third-order valence-corrected chi connectivity index (χ3v) is 3.93. The van der Waals surface area contributed by atoms with Crippen LogP contribution in [0, 0.1) is 10.1 Å². The number of carbonyl (C=O) groups is 1. The van der Waals surface area contributed by atoms with Gasteiger partial charge >= 0.3 is 0 Å². The van der Waals surface area contributed by atoms with E-state index in [4.69, 9.17) is 5.73 Å². The number of amides is 1. The van der Waals surface area contributed by atoms with Crippen LogP contribution in [-0.2, 0) is 4.79 Å². The van der Waals surface area contributed by atoms with Crippen molar-refractivity contribution in [3.63, 3.8) is 0 Å². The first kappa shape index (κ1) is 14.0. The van der Waals surface area contributed by atoms with Crippen molar-refractivity contribution in [1.82, 2.24) is 0 Å². The predicted molar refractivity (Wildman–Crippen MR) is 74.8 cm³/mol. The van der Waals surface area contributed by atoms with Gasteiger partial charge in [-0.2, -0.15) is 0 Å². The molecule has 1 aromatic carbocycles. The number of carbonyl (C=O) groups excluding carboxylic acids is 1. The van der Waals surface area contributed by atoms with Gasteiger partial charge in [0.2, 0.25) is 5.91 Å². The Kier molecular flexibility index (Phi) is 3.86. The molecule has 1 aliphatic carbocycles. The fourth-order valence-electron chi connectivity index (χ4n) is 2.07. The zero-order chi connectivity index (χ0) is 14.0. The minimum atomic E-state index is -0.487. The first-order valence-electron chi connectivity index (χ1n) is 5.92. The molecule has 1 fully saturated rings. The van der Waals surface area contributed by atoms with E-state index in [1.54, 1.807) is 0 Å². The fraction of sp³-hybridized carbons (Fsp3) is 0.417. The van der Waals surface area contributed by atoms with Gasteiger partial charge in [-0.15, -0.1) is 0 Å². The lowest BCUT2D eigenvalue weighted by molar-refractivity contribution is -0.385. The maximum Gasteiger partial charge on any atom is 0.283 e. The van der Waals surface area contributed by atoms with Crippen molar-refractivity contribution in [3.05, 3.63) is 32.8 Å². The molecule has 19 heavy (non-hydrogen) atoms. The minimum absolute atomic E-state index is 0.0349. The predicted octanol–water partition coefficient (Wildman–Crippen LogP) is 2.57. The minimum Gasteiger partial charge on any atom is -0.326 e. The summed E-state index contributed by atoms with van der Waals surface area (Å²) in [6, 6.07) is 4.37. The van der Waals surface area contributed by atoms with Crippen LogP contribution in [0.5, 0.6) is 0 Å². The molecular formula is C12H14BrN3O3. The quantitative estimate of drug-likeness (QED) is 0.655. The highest BCUT2D eigenvalue weighted by Crippen LogP contribution is 2.33. The summed E-state index contributed by atoms with van der Waals surface area (Å²) in [5.41, 5.74) is 6.10. The van der Waals surface area contributed by atoms with Gasteiger partial charge in [0.25, 0.3) is 5.69 Å². The van der Waals surface area contributed by atoms with Crippen LogP contribution in [0.4, 0.5) is 11.4 Å². The monoisotopic (exact) mass is 327 g/mol. The number of nitrogens with two attached hydrogens (primary N) is 1. The Labute approximate surface area is 118 Å². The zero-order valence-electron chi connectivity index (χ0n) is 10.2. The van der Waals surface area contributed by atoms with Crippen LogP contribution >= 0.6 is 15.9 Å². The van der Waals surface area contributed by atoms with Crippen LogP contribution in [0.3, 0.4) is 0 Å². The number of nitro groups is 1. The van der Waals surface area contributed by atoms with Crippen LogP contribution < -0.4 is 11.1 Å². The standard InChI is InChI=1S/C12H14BrN3O3/c13-9-6-8(2-3-10(9)16(18)19)15-11(17)7-12(14)4-1-5-12/h2-3,6H,1,4-5,7,14H2,(H,15,17). The number of nitrogens with one attached hydrogen (secondary N) is 1. The molecule has 1 amide bonds. The molecule has 102 valence electrons. The zero-order valence-corrected chi connectivity index (χ0v) is 11.8. The van der Waals surface area contributed by atoms with Gasteiger partial charge in [0.05, 0.1) is 9.40 Å². The van der Waals surface area contributed by atoms with Gasteiger partial charge in [0.1, 0.15) is 0 Å². The number of halogens is 1. The highest BCUT2D eigenvalue weighted by molar-refractivity contribution is 9.10. The molecule has 0 saturated heterocycles. The molecule has 0 atom stereocenters. The SMILES string of the molecule is NC1(CC(=O)Nc2ccc([N+](=O)[O-])c(Br)c2)CCC1. The second-order valence-corrected chi connectivity index (χ2v) is 5.72. The number of nitro benzene ring substituents is 1. The third kappa shape index (κ3) is 3.30. The van der Waals surface area contributed by atoms with Crippen molar-refractivity contribution < 1.29 is 9.72 Å². The van der Waals surface area contributed by atoms with E-state index in [0.29, 0.717) is 10.2 Å². The molecule has 1 aliphatic rings. The first-order chi connectivity index (χ1) is 8.89. The summed E-state index contributed by atoms with van der Waals surface area (Å²) in [4.78, 5) is 22.0. The van der Waals surface area contributed by atoms with Gasteiger partial charge in [0.15, 0.2) is 0 Å². The van der Waals surface area contributed by atoms with Crippen molar-refractivity contribution in [1.29, 1.82) is 0 Å². The number of rotatable bonds is 4. The smallest absolute Gasteiger partial charge is 0.283 e. The Morgan fingerprint density at radius 2 is 2.21 bits per heavy atom. The van der Waals surface area contributed by atoms with Crippen LogP contribution in [0.25, 0.3) is 0 Å². The summed E-state index contributed by atoms with van der Waals surface area (Å²) in [6.45, 7) is 0. The molecule has 0 spiro atoms. The Balaban J connectivity index is 2.01. The average Bonchev–Trinajstić information content (AvgIpc) is 2.26. The Hall–Kier alpha value is -1.47. The molecule has 7 heteroatoms. The number of benzene rings is 1.